The fourth-order valence-electron chi connectivity index (χ4n) is 0. The van der Waals surface area contributed by atoms with Gasteiger partial charge in [0.25, 0.3) is 10.1 Å². The summed E-state index contributed by atoms with van der Waals surface area (Å²) in [5.74, 6) is 0. The Labute approximate surface area is 104 Å². The minimum absolute atomic E-state index is 0. The topological polar surface area (TPSA) is 89.9 Å². The van der Waals surface area contributed by atoms with E-state index in [0.29, 0.717) is 0 Å². The van der Waals surface area contributed by atoms with Gasteiger partial charge in [0.1, 0.15) is 0 Å². The van der Waals surface area contributed by atoms with Gasteiger partial charge >= 0.3 is 7.60 Å². The van der Waals surface area contributed by atoms with Crippen molar-refractivity contribution in [2.24, 2.45) is 0 Å². The Morgan fingerprint density at radius 2 is 1.46 bits per heavy atom. The van der Waals surface area contributed by atoms with Crippen molar-refractivity contribution in [1.82, 2.24) is 0 Å². The van der Waals surface area contributed by atoms with Gasteiger partial charge in [0.15, 0.2) is 0 Å². The van der Waals surface area contributed by atoms with Gasteiger partial charge in [-0.1, -0.05) is 0 Å². The molecule has 0 fully saturated rings. The predicted molar refractivity (Wildman–Crippen MR) is 44.6 cm³/mol. The van der Waals surface area contributed by atoms with Crippen LogP contribution in [0, 0.1) is 0 Å². The second-order valence-electron chi connectivity index (χ2n) is 1.86. The summed E-state index contributed by atoms with van der Waals surface area (Å²) in [5.41, 5.74) is 0. The van der Waals surface area contributed by atoms with Crippen LogP contribution < -0.4 is 0 Å². The summed E-state index contributed by atoms with van der Waals surface area (Å²) in [6.45, 7) is 1.13. The third kappa shape index (κ3) is 32.0. The Bertz CT molecular complexity index is 243. The standard InChI is InChI=1S/C2H7O3P.C2H6O3S.Y/c2*1-5-6(2,3)4;/h1-2H3,(H,3,4);1-2H3;. The minimum atomic E-state index is -3.16. The molecular weight excluding hydrogens is 296 g/mol. The van der Waals surface area contributed by atoms with E-state index in [4.69, 9.17) is 4.89 Å². The van der Waals surface area contributed by atoms with Gasteiger partial charge in [-0.3, -0.25) is 8.75 Å². The SMILES string of the molecule is COP(C)(=O)O.COS(C)(=O)=O.[Y]. The molecule has 0 aromatic heterocycles. The van der Waals surface area contributed by atoms with Gasteiger partial charge in [-0.25, -0.2) is 0 Å². The van der Waals surface area contributed by atoms with Crippen LogP contribution in [0.3, 0.4) is 0 Å². The van der Waals surface area contributed by atoms with Crippen LogP contribution in [0.2, 0.25) is 0 Å². The predicted octanol–water partition coefficient (Wildman–Crippen LogP) is 0.0379. The molecule has 0 amide bonds. The third-order valence-corrected chi connectivity index (χ3v) is 1.92. The van der Waals surface area contributed by atoms with Crippen molar-refractivity contribution in [3.63, 3.8) is 0 Å². The van der Waals surface area contributed by atoms with E-state index < -0.39 is 17.7 Å². The number of hydrogen-bond donors (Lipinski definition) is 1. The first-order chi connectivity index (χ1) is 5.12. The molecule has 79 valence electrons. The first kappa shape index (κ1) is 19.7. The first-order valence-electron chi connectivity index (χ1n) is 2.74. The van der Waals surface area contributed by atoms with Crippen LogP contribution in [-0.4, -0.2) is 40.5 Å². The molecule has 0 aromatic carbocycles. The molecule has 0 heterocycles. The van der Waals surface area contributed by atoms with Gasteiger partial charge in [0.2, 0.25) is 0 Å². The van der Waals surface area contributed by atoms with Crippen molar-refractivity contribution in [3.8, 4) is 0 Å². The monoisotopic (exact) mass is 309 g/mol. The molecule has 6 nitrogen and oxygen atoms in total. The van der Waals surface area contributed by atoms with Crippen molar-refractivity contribution >= 4 is 17.7 Å². The summed E-state index contributed by atoms with van der Waals surface area (Å²) < 4.78 is 37.4. The van der Waals surface area contributed by atoms with Crippen LogP contribution in [0.5, 0.6) is 0 Å². The average Bonchev–Trinajstić information content (AvgIpc) is 1.86. The molecule has 0 aliphatic rings. The maximum atomic E-state index is 9.92. The molecule has 1 N–H and O–H groups in total. The Morgan fingerprint density at radius 3 is 1.46 bits per heavy atom. The van der Waals surface area contributed by atoms with E-state index in [0.717, 1.165) is 20.0 Å². The summed E-state index contributed by atoms with van der Waals surface area (Å²) >= 11 is 0. The normalized spacial score (nSPS) is 14.5. The second-order valence-corrected chi connectivity index (χ2v) is 5.57. The van der Waals surface area contributed by atoms with Crippen LogP contribution in [0.15, 0.2) is 0 Å². The van der Waals surface area contributed by atoms with E-state index in [9.17, 15) is 13.0 Å². The molecule has 1 unspecified atom stereocenters. The third-order valence-electron chi connectivity index (χ3n) is 0.642. The van der Waals surface area contributed by atoms with Crippen molar-refractivity contribution < 1.29 is 59.3 Å². The molecule has 0 spiro atoms. The molecule has 9 heteroatoms. The molecule has 1 atom stereocenters. The van der Waals surface area contributed by atoms with E-state index in [2.05, 4.69) is 8.71 Å². The van der Waals surface area contributed by atoms with Crippen molar-refractivity contribution in [2.75, 3.05) is 27.1 Å². The molecular formula is C4H13O6PSY. The quantitative estimate of drug-likeness (QED) is 0.572. The Morgan fingerprint density at radius 1 is 1.31 bits per heavy atom. The van der Waals surface area contributed by atoms with Gasteiger partial charge in [0, 0.05) is 46.5 Å². The van der Waals surface area contributed by atoms with E-state index >= 15 is 0 Å². The van der Waals surface area contributed by atoms with Gasteiger partial charge in [-0.2, -0.15) is 8.42 Å². The summed E-state index contributed by atoms with van der Waals surface area (Å²) in [4.78, 5) is 8.16. The zero-order valence-corrected chi connectivity index (χ0v) is 12.5. The van der Waals surface area contributed by atoms with Crippen LogP contribution >= 0.6 is 7.60 Å². The van der Waals surface area contributed by atoms with E-state index in [1.807, 2.05) is 0 Å². The minimum Gasteiger partial charge on any atom is -0.324 e. The summed E-state index contributed by atoms with van der Waals surface area (Å²) in [6.07, 6.45) is 0.993. The zero-order chi connectivity index (χ0) is 10.4. The average molecular weight is 309 g/mol. The van der Waals surface area contributed by atoms with Gasteiger partial charge < -0.3 is 9.42 Å². The molecule has 0 aliphatic heterocycles. The first-order valence-corrected chi connectivity index (χ1v) is 6.58. The maximum Gasteiger partial charge on any atom is 0.324 e. The molecule has 0 rings (SSSR count). The maximum absolute atomic E-state index is 9.92. The number of rotatable bonds is 2. The van der Waals surface area contributed by atoms with Crippen LogP contribution in [0.4, 0.5) is 0 Å². The Hall–Kier alpha value is 1.16. The van der Waals surface area contributed by atoms with Crippen LogP contribution in [0.1, 0.15) is 0 Å². The van der Waals surface area contributed by atoms with E-state index in [1.165, 1.54) is 7.11 Å². The summed E-state index contributed by atoms with van der Waals surface area (Å²) in [5, 5.41) is 0. The summed E-state index contributed by atoms with van der Waals surface area (Å²) in [7, 11) is -3.99. The van der Waals surface area contributed by atoms with Crippen LogP contribution in [-0.2, 0) is 56.1 Å². The van der Waals surface area contributed by atoms with Crippen molar-refractivity contribution in [2.45, 2.75) is 0 Å². The van der Waals surface area contributed by atoms with Gasteiger partial charge in [-0.05, 0) is 0 Å². The molecule has 1 radical (unpaired) electrons. The van der Waals surface area contributed by atoms with E-state index in [1.54, 1.807) is 0 Å². The molecule has 0 aromatic rings. The molecule has 0 bridgehead atoms. The smallest absolute Gasteiger partial charge is 0.324 e. The number of hydrogen-bond acceptors (Lipinski definition) is 5. The van der Waals surface area contributed by atoms with E-state index in [-0.39, 0.29) is 32.7 Å². The van der Waals surface area contributed by atoms with Crippen molar-refractivity contribution in [1.29, 1.82) is 0 Å². The Kier molecular flexibility index (Phi) is 12.8. The fraction of sp³-hybridized carbons (Fsp3) is 1.00. The summed E-state index contributed by atoms with van der Waals surface area (Å²) in [6, 6.07) is 0. The second kappa shape index (κ2) is 8.47. The van der Waals surface area contributed by atoms with Gasteiger partial charge in [-0.15, -0.1) is 0 Å². The Balaban J connectivity index is -0.000000143. The molecule has 0 aliphatic carbocycles. The molecule has 0 saturated heterocycles. The van der Waals surface area contributed by atoms with Gasteiger partial charge in [0.05, 0.1) is 13.4 Å². The largest absolute Gasteiger partial charge is 0.324 e. The zero-order valence-electron chi connectivity index (χ0n) is 7.92. The molecule has 0 saturated carbocycles. The van der Waals surface area contributed by atoms with Crippen LogP contribution in [0.25, 0.3) is 0 Å². The molecule has 13 heavy (non-hydrogen) atoms. The van der Waals surface area contributed by atoms with Crippen molar-refractivity contribution in [3.05, 3.63) is 0 Å². The fourth-order valence-corrected chi connectivity index (χ4v) is 0.